The Kier molecular flexibility index (Phi) is 6.93. The Morgan fingerprint density at radius 3 is 2.18 bits per heavy atom. The number of carbonyl (C=O) groups excluding carboxylic acids is 2. The first-order valence-corrected chi connectivity index (χ1v) is 11.2. The number of carboxylic acids is 1. The number of aliphatic carboxylic acids is 1. The van der Waals surface area contributed by atoms with Crippen LogP contribution in [0.15, 0.2) is 48.5 Å². The molecule has 2 atom stereocenters. The summed E-state index contributed by atoms with van der Waals surface area (Å²) in [5.74, 6) is -2.05. The average molecular weight is 453 g/mol. The molecule has 8 heteroatoms. The number of benzene rings is 2. The summed E-state index contributed by atoms with van der Waals surface area (Å²) in [4.78, 5) is 40.8. The van der Waals surface area contributed by atoms with Crippen LogP contribution in [0.5, 0.6) is 0 Å². The quantitative estimate of drug-likeness (QED) is 0.502. The van der Waals surface area contributed by atoms with E-state index in [-0.39, 0.29) is 25.0 Å². The number of nitrogens with one attached hydrogen (secondary N) is 2. The van der Waals surface area contributed by atoms with E-state index in [9.17, 15) is 14.4 Å². The van der Waals surface area contributed by atoms with Crippen LogP contribution < -0.4 is 10.8 Å². The molecule has 0 bridgehead atoms. The molecule has 2 aliphatic carbocycles. The second kappa shape index (κ2) is 10.0. The molecule has 2 amide bonds. The first-order chi connectivity index (χ1) is 16.0. The maximum Gasteiger partial charge on any atom is 0.407 e. The molecule has 33 heavy (non-hydrogen) atoms. The van der Waals surface area contributed by atoms with Gasteiger partial charge in [0, 0.05) is 12.5 Å². The van der Waals surface area contributed by atoms with E-state index in [1.165, 1.54) is 6.92 Å². The maximum absolute atomic E-state index is 12.5. The van der Waals surface area contributed by atoms with E-state index in [2.05, 4.69) is 35.1 Å². The molecule has 2 unspecified atom stereocenters. The third-order valence-electron chi connectivity index (χ3n) is 6.55. The number of rotatable bonds is 9. The van der Waals surface area contributed by atoms with Gasteiger partial charge in [0.2, 0.25) is 5.91 Å². The van der Waals surface area contributed by atoms with Gasteiger partial charge in [-0.15, -0.1) is 0 Å². The van der Waals surface area contributed by atoms with Crippen molar-refractivity contribution in [2.75, 3.05) is 13.2 Å². The van der Waals surface area contributed by atoms with Gasteiger partial charge >= 0.3 is 12.1 Å². The number of fused-ring (bicyclic) bond motifs is 3. The van der Waals surface area contributed by atoms with E-state index in [0.717, 1.165) is 41.5 Å². The van der Waals surface area contributed by atoms with E-state index < -0.39 is 30.0 Å². The van der Waals surface area contributed by atoms with Gasteiger partial charge < -0.3 is 15.2 Å². The molecular formula is C25H28N2O6. The second-order valence-electron chi connectivity index (χ2n) is 8.57. The summed E-state index contributed by atoms with van der Waals surface area (Å²) >= 11 is 0. The number of alkyl carbamates (subject to hydrolysis) is 1. The van der Waals surface area contributed by atoms with Gasteiger partial charge in [0.05, 0.1) is 5.92 Å². The Labute approximate surface area is 192 Å². The smallest absolute Gasteiger partial charge is 0.407 e. The van der Waals surface area contributed by atoms with Crippen LogP contribution in [-0.4, -0.2) is 42.3 Å². The molecule has 2 aliphatic rings. The highest BCUT2D eigenvalue weighted by Gasteiger charge is 2.34. The highest BCUT2D eigenvalue weighted by Crippen LogP contribution is 2.44. The van der Waals surface area contributed by atoms with Gasteiger partial charge in [-0.1, -0.05) is 55.0 Å². The van der Waals surface area contributed by atoms with Crippen LogP contribution in [0.4, 0.5) is 4.79 Å². The Balaban J connectivity index is 1.33. The van der Waals surface area contributed by atoms with Crippen molar-refractivity contribution in [2.45, 2.75) is 38.2 Å². The SMILES string of the molecule is CC(ONC(=O)C(CNC(=O)OCC1c2ccccc2-c2ccccc21)C1CCC1)C(=O)O. The largest absolute Gasteiger partial charge is 0.479 e. The number of hydroxylamine groups is 1. The lowest BCUT2D eigenvalue weighted by molar-refractivity contribution is -0.161. The van der Waals surface area contributed by atoms with Crippen molar-refractivity contribution < 1.29 is 29.1 Å². The van der Waals surface area contributed by atoms with Crippen molar-refractivity contribution in [2.24, 2.45) is 11.8 Å². The van der Waals surface area contributed by atoms with Crippen LogP contribution in [0.2, 0.25) is 0 Å². The standard InChI is InChI=1S/C25H28N2O6/c1-15(24(29)30)33-27-23(28)21(16-7-6-8-16)13-26-25(31)32-14-22-19-11-4-2-9-17(19)18-10-3-5-12-20(18)22/h2-5,9-12,15-16,21-22H,6-8,13-14H2,1H3,(H,26,31)(H,27,28)(H,29,30). The molecule has 0 heterocycles. The first-order valence-electron chi connectivity index (χ1n) is 11.2. The van der Waals surface area contributed by atoms with Crippen LogP contribution >= 0.6 is 0 Å². The van der Waals surface area contributed by atoms with E-state index >= 15 is 0 Å². The lowest BCUT2D eigenvalue weighted by atomic mass is 9.75. The zero-order valence-corrected chi connectivity index (χ0v) is 18.5. The Hall–Kier alpha value is -3.39. The summed E-state index contributed by atoms with van der Waals surface area (Å²) in [6.07, 6.45) is 1.02. The molecule has 0 saturated heterocycles. The third kappa shape index (κ3) is 5.01. The zero-order chi connectivity index (χ0) is 23.4. The fourth-order valence-corrected chi connectivity index (χ4v) is 4.43. The Morgan fingerprint density at radius 1 is 1.03 bits per heavy atom. The minimum absolute atomic E-state index is 0.0419. The number of carbonyl (C=O) groups is 3. The molecule has 174 valence electrons. The van der Waals surface area contributed by atoms with E-state index in [4.69, 9.17) is 14.7 Å². The lowest BCUT2D eigenvalue weighted by Gasteiger charge is -2.32. The molecule has 0 radical (unpaired) electrons. The summed E-state index contributed by atoms with van der Waals surface area (Å²) in [6, 6.07) is 16.2. The Bertz CT molecular complexity index is 990. The maximum atomic E-state index is 12.5. The normalized spacial score (nSPS) is 16.6. The average Bonchev–Trinajstić information content (AvgIpc) is 3.10. The van der Waals surface area contributed by atoms with Crippen LogP contribution in [0.3, 0.4) is 0 Å². The molecule has 2 aromatic carbocycles. The molecule has 8 nitrogen and oxygen atoms in total. The summed E-state index contributed by atoms with van der Waals surface area (Å²) < 4.78 is 5.54. The van der Waals surface area contributed by atoms with Gasteiger partial charge in [-0.25, -0.2) is 15.1 Å². The number of amides is 2. The molecule has 4 rings (SSSR count). The minimum Gasteiger partial charge on any atom is -0.479 e. The summed E-state index contributed by atoms with van der Waals surface area (Å²) in [5, 5.41) is 11.6. The molecule has 2 aromatic rings. The van der Waals surface area contributed by atoms with Crippen LogP contribution in [0, 0.1) is 11.8 Å². The molecule has 0 aliphatic heterocycles. The van der Waals surface area contributed by atoms with Crippen LogP contribution in [-0.2, 0) is 19.2 Å². The predicted molar refractivity (Wildman–Crippen MR) is 120 cm³/mol. The predicted octanol–water partition coefficient (Wildman–Crippen LogP) is 3.46. The van der Waals surface area contributed by atoms with Crippen molar-refractivity contribution in [3.63, 3.8) is 0 Å². The summed E-state index contributed by atoms with van der Waals surface area (Å²) in [7, 11) is 0. The van der Waals surface area contributed by atoms with Crippen molar-refractivity contribution >= 4 is 18.0 Å². The van der Waals surface area contributed by atoms with Gasteiger partial charge in [-0.05, 0) is 47.9 Å². The van der Waals surface area contributed by atoms with Crippen molar-refractivity contribution in [3.05, 3.63) is 59.7 Å². The van der Waals surface area contributed by atoms with Gasteiger partial charge in [0.1, 0.15) is 6.61 Å². The van der Waals surface area contributed by atoms with Crippen molar-refractivity contribution in [1.82, 2.24) is 10.8 Å². The fourth-order valence-electron chi connectivity index (χ4n) is 4.43. The van der Waals surface area contributed by atoms with Gasteiger partial charge in [-0.2, -0.15) is 0 Å². The van der Waals surface area contributed by atoms with E-state index in [0.29, 0.717) is 0 Å². The third-order valence-corrected chi connectivity index (χ3v) is 6.55. The van der Waals surface area contributed by atoms with Gasteiger partial charge in [0.15, 0.2) is 6.10 Å². The van der Waals surface area contributed by atoms with Crippen molar-refractivity contribution in [3.8, 4) is 11.1 Å². The molecule has 0 aromatic heterocycles. The van der Waals surface area contributed by atoms with Crippen molar-refractivity contribution in [1.29, 1.82) is 0 Å². The molecule has 1 fully saturated rings. The Morgan fingerprint density at radius 2 is 1.64 bits per heavy atom. The van der Waals surface area contributed by atoms with Crippen LogP contribution in [0.25, 0.3) is 11.1 Å². The fraction of sp³-hybridized carbons (Fsp3) is 0.400. The molecule has 3 N–H and O–H groups in total. The van der Waals surface area contributed by atoms with E-state index in [1.54, 1.807) is 0 Å². The topological polar surface area (TPSA) is 114 Å². The summed E-state index contributed by atoms with van der Waals surface area (Å²) in [5.41, 5.74) is 6.78. The monoisotopic (exact) mass is 452 g/mol. The number of carboxylic acid groups (broad SMARTS) is 1. The zero-order valence-electron chi connectivity index (χ0n) is 18.5. The highest BCUT2D eigenvalue weighted by molar-refractivity contribution is 5.80. The minimum atomic E-state index is -1.17. The number of hydrogen-bond donors (Lipinski definition) is 3. The van der Waals surface area contributed by atoms with E-state index in [1.807, 2.05) is 24.3 Å². The number of hydrogen-bond acceptors (Lipinski definition) is 5. The first kappa shape index (κ1) is 22.8. The molecule has 0 spiro atoms. The van der Waals surface area contributed by atoms with Gasteiger partial charge in [-0.3, -0.25) is 9.63 Å². The highest BCUT2D eigenvalue weighted by atomic mass is 16.7. The number of ether oxygens (including phenoxy) is 1. The lowest BCUT2D eigenvalue weighted by Crippen LogP contribution is -2.45. The summed E-state index contributed by atoms with van der Waals surface area (Å²) in [6.45, 7) is 1.62. The molecule has 1 saturated carbocycles. The van der Waals surface area contributed by atoms with Gasteiger partial charge in [0.25, 0.3) is 0 Å². The van der Waals surface area contributed by atoms with Crippen LogP contribution in [0.1, 0.15) is 43.2 Å². The molecular weight excluding hydrogens is 424 g/mol. The second-order valence-corrected chi connectivity index (χ2v) is 8.57.